The minimum Gasteiger partial charge on any atom is -0.397 e. The van der Waals surface area contributed by atoms with Crippen LogP contribution in [0.2, 0.25) is 10.6 Å². The molecule has 0 atom stereocenters. The molecule has 1 heterocycles. The number of nitrogens with two attached hydrogens (primary N) is 1. The number of aromatic nitrogens is 3. The quantitative estimate of drug-likeness (QED) is 0.100. The molecule has 1 aromatic heterocycles. The molecule has 3 aromatic carbocycles. The average Bonchev–Trinajstić information content (AvgIpc) is 2.86. The van der Waals surface area contributed by atoms with E-state index in [1.165, 1.54) is 30.3 Å². The molecular weight excluding hydrogens is 646 g/mol. The second-order valence-corrected chi connectivity index (χ2v) is 11.9. The summed E-state index contributed by atoms with van der Waals surface area (Å²) in [6.45, 7) is 0. The summed E-state index contributed by atoms with van der Waals surface area (Å²) in [7, 11) is -9.80. The van der Waals surface area contributed by atoms with Gasteiger partial charge in [0.2, 0.25) is 16.5 Å². The molecule has 1 aliphatic rings. The Morgan fingerprint density at radius 2 is 1.26 bits per heavy atom. The van der Waals surface area contributed by atoms with Gasteiger partial charge in [0.25, 0.3) is 20.2 Å². The van der Waals surface area contributed by atoms with Crippen molar-refractivity contribution in [3.8, 4) is 0 Å². The van der Waals surface area contributed by atoms with Gasteiger partial charge in [-0.1, -0.05) is 24.3 Å². The Morgan fingerprint density at radius 1 is 0.714 bits per heavy atom. The fourth-order valence-electron chi connectivity index (χ4n) is 4.19. The molecule has 42 heavy (non-hydrogen) atoms. The first-order chi connectivity index (χ1) is 19.1. The van der Waals surface area contributed by atoms with E-state index in [1.807, 2.05) is 0 Å². The van der Waals surface area contributed by atoms with Crippen LogP contribution in [-0.4, -0.2) is 82.0 Å². The van der Waals surface area contributed by atoms with Crippen LogP contribution in [0.3, 0.4) is 0 Å². The minimum atomic E-state index is -4.98. The van der Waals surface area contributed by atoms with Crippen LogP contribution in [0.5, 0.6) is 0 Å². The molecule has 14 nitrogen and oxygen atoms in total. The molecule has 0 bridgehead atoms. The monoisotopic (exact) mass is 659 g/mol. The third-order valence-electron chi connectivity index (χ3n) is 5.84. The van der Waals surface area contributed by atoms with Crippen molar-refractivity contribution in [2.75, 3.05) is 16.4 Å². The van der Waals surface area contributed by atoms with Crippen LogP contribution in [0.25, 0.3) is 0 Å². The van der Waals surface area contributed by atoms with E-state index in [9.17, 15) is 35.5 Å². The molecule has 1 radical (unpaired) electrons. The van der Waals surface area contributed by atoms with Crippen molar-refractivity contribution >= 4 is 113 Å². The fourth-order valence-corrected chi connectivity index (χ4v) is 5.83. The van der Waals surface area contributed by atoms with Gasteiger partial charge in [-0.2, -0.15) is 31.8 Å². The first kappa shape index (κ1) is 31.7. The number of nitrogens with one attached hydrogen (secondary N) is 2. The maximum absolute atomic E-state index is 13.5. The van der Waals surface area contributed by atoms with Gasteiger partial charge in [0.15, 0.2) is 11.6 Å². The zero-order valence-corrected chi connectivity index (χ0v) is 26.1. The molecule has 19 heteroatoms. The van der Waals surface area contributed by atoms with E-state index >= 15 is 0 Å². The standard InChI is InChI=1S/C23H14Cl2N6O8S2.Na/c24-21-29-22(25)31-23(30-21)28-12-7-9(5-6-14(12)40(34,35)36)27-13-8-15(41(37,38)39)18(26)17-16(13)19(32)10-3-1-2-4-11(10)20(17)33;/h1-8,27H,26H2,(H,34,35,36)(H,37,38,39)(H,28,29,30,31);. The number of carbonyl (C=O) groups is 2. The van der Waals surface area contributed by atoms with Crippen molar-refractivity contribution in [1.82, 2.24) is 15.0 Å². The topological polar surface area (TPSA) is 232 Å². The van der Waals surface area contributed by atoms with Crippen molar-refractivity contribution in [3.05, 3.63) is 81.4 Å². The SMILES string of the molecule is Nc1c(S(=O)(=O)O)cc(Nc2ccc(S(=O)(=O)O)c(Nc3nc(Cl)nc(Cl)n3)c2)c2c1C(=O)c1ccccc1C2=O.[Na]. The van der Waals surface area contributed by atoms with Gasteiger partial charge in [-0.3, -0.25) is 18.7 Å². The van der Waals surface area contributed by atoms with Crippen LogP contribution in [0.1, 0.15) is 31.8 Å². The van der Waals surface area contributed by atoms with Crippen molar-refractivity contribution in [2.45, 2.75) is 9.79 Å². The van der Waals surface area contributed by atoms with Crippen LogP contribution >= 0.6 is 23.2 Å². The van der Waals surface area contributed by atoms with Crippen molar-refractivity contribution in [3.63, 3.8) is 0 Å². The molecule has 0 spiro atoms. The Kier molecular flexibility index (Phi) is 8.67. The maximum Gasteiger partial charge on any atom is 0.296 e. The van der Waals surface area contributed by atoms with Gasteiger partial charge in [0, 0.05) is 46.4 Å². The van der Waals surface area contributed by atoms with Gasteiger partial charge < -0.3 is 16.4 Å². The molecule has 211 valence electrons. The number of benzene rings is 3. The Balaban J connectivity index is 0.00000405. The minimum absolute atomic E-state index is 0. The molecule has 0 fully saturated rings. The van der Waals surface area contributed by atoms with Crippen LogP contribution in [-0.2, 0) is 20.2 Å². The van der Waals surface area contributed by atoms with Crippen LogP contribution in [0.4, 0.5) is 28.7 Å². The summed E-state index contributed by atoms with van der Waals surface area (Å²) in [5.41, 5.74) is 4.07. The second-order valence-electron chi connectivity index (χ2n) is 8.40. The Morgan fingerprint density at radius 3 is 1.81 bits per heavy atom. The summed E-state index contributed by atoms with van der Waals surface area (Å²) in [4.78, 5) is 36.5. The number of nitrogens with zero attached hydrogens (tertiary/aromatic N) is 3. The number of nitrogen functional groups attached to an aromatic ring is 1. The zero-order chi connectivity index (χ0) is 29.9. The number of hydrogen-bond donors (Lipinski definition) is 5. The predicted octanol–water partition coefficient (Wildman–Crippen LogP) is 3.14. The summed E-state index contributed by atoms with van der Waals surface area (Å²) in [6.07, 6.45) is 0. The van der Waals surface area contributed by atoms with Crippen molar-refractivity contribution < 1.29 is 35.5 Å². The van der Waals surface area contributed by atoms with E-state index in [1.54, 1.807) is 0 Å². The number of carbonyl (C=O) groups excluding carboxylic acids is 2. The summed E-state index contributed by atoms with van der Waals surface area (Å²) in [6, 6.07) is 9.95. The molecule has 1 aliphatic carbocycles. The van der Waals surface area contributed by atoms with E-state index in [-0.39, 0.29) is 79.8 Å². The smallest absolute Gasteiger partial charge is 0.296 e. The Bertz CT molecular complexity index is 2020. The Labute approximate surface area is 269 Å². The number of anilines is 5. The van der Waals surface area contributed by atoms with Gasteiger partial charge >= 0.3 is 0 Å². The molecule has 0 saturated heterocycles. The van der Waals surface area contributed by atoms with Gasteiger partial charge in [-0.15, -0.1) is 0 Å². The summed E-state index contributed by atoms with van der Waals surface area (Å²) in [5, 5.41) is 4.63. The first-order valence-electron chi connectivity index (χ1n) is 11.0. The summed E-state index contributed by atoms with van der Waals surface area (Å²) in [5.74, 6) is -1.73. The average molecular weight is 660 g/mol. The molecule has 0 amide bonds. The van der Waals surface area contributed by atoms with E-state index in [0.29, 0.717) is 0 Å². The Hall–Kier alpha value is -3.19. The molecule has 4 aromatic rings. The fraction of sp³-hybridized carbons (Fsp3) is 0. The summed E-state index contributed by atoms with van der Waals surface area (Å²) >= 11 is 11.5. The predicted molar refractivity (Wildman–Crippen MR) is 152 cm³/mol. The van der Waals surface area contributed by atoms with Crippen LogP contribution < -0.4 is 16.4 Å². The molecule has 0 aliphatic heterocycles. The largest absolute Gasteiger partial charge is 0.397 e. The number of ketones is 2. The van der Waals surface area contributed by atoms with E-state index in [2.05, 4.69) is 25.6 Å². The van der Waals surface area contributed by atoms with Gasteiger partial charge in [-0.05, 0) is 47.5 Å². The van der Waals surface area contributed by atoms with Crippen LogP contribution in [0.15, 0.2) is 58.3 Å². The number of fused-ring (bicyclic) bond motifs is 2. The van der Waals surface area contributed by atoms with Gasteiger partial charge in [0.05, 0.1) is 28.2 Å². The number of rotatable bonds is 6. The van der Waals surface area contributed by atoms with E-state index in [0.717, 1.165) is 18.2 Å². The van der Waals surface area contributed by atoms with Crippen molar-refractivity contribution in [1.29, 1.82) is 0 Å². The molecule has 0 saturated carbocycles. The number of halogens is 2. The molecule has 0 unspecified atom stereocenters. The van der Waals surface area contributed by atoms with Crippen LogP contribution in [0, 0.1) is 0 Å². The van der Waals surface area contributed by atoms with Gasteiger partial charge in [0.1, 0.15) is 9.79 Å². The normalized spacial score (nSPS) is 12.7. The first-order valence-corrected chi connectivity index (χ1v) is 14.6. The zero-order valence-electron chi connectivity index (χ0n) is 21.0. The maximum atomic E-state index is 13.5. The third kappa shape index (κ3) is 5.98. The summed E-state index contributed by atoms with van der Waals surface area (Å²) < 4.78 is 67.9. The molecule has 5 rings (SSSR count). The second kappa shape index (κ2) is 11.5. The van der Waals surface area contributed by atoms with E-state index in [4.69, 9.17) is 28.9 Å². The van der Waals surface area contributed by atoms with E-state index < -0.39 is 52.8 Å². The van der Waals surface area contributed by atoms with Gasteiger partial charge in [-0.25, -0.2) is 0 Å². The molecular formula is C23H14Cl2N6NaO8S2. The molecule has 6 N–H and O–H groups in total. The third-order valence-corrected chi connectivity index (χ3v) is 7.99. The number of hydrogen-bond acceptors (Lipinski definition) is 12. The van der Waals surface area contributed by atoms with Crippen molar-refractivity contribution in [2.24, 2.45) is 0 Å².